The first-order chi connectivity index (χ1) is 11.3. The van der Waals surface area contributed by atoms with Crippen molar-refractivity contribution in [3.05, 3.63) is 52.8 Å². The fourth-order valence-electron chi connectivity index (χ4n) is 3.52. The molecule has 1 aromatic carbocycles. The van der Waals surface area contributed by atoms with E-state index in [2.05, 4.69) is 24.2 Å². The van der Waals surface area contributed by atoms with Gasteiger partial charge >= 0.3 is 0 Å². The normalized spacial score (nSPS) is 19.2. The van der Waals surface area contributed by atoms with Crippen LogP contribution >= 0.6 is 0 Å². The molecule has 0 saturated carbocycles. The number of benzene rings is 1. The maximum Gasteiger partial charge on any atom is 0.172 e. The molecule has 122 valence electrons. The zero-order chi connectivity index (χ0) is 15.7. The molecule has 0 atom stereocenters. The smallest absolute Gasteiger partial charge is 0.172 e. The fraction of sp³-hybridized carbons (Fsp3) is 0.500. The molecule has 5 heteroatoms. The lowest BCUT2D eigenvalue weighted by Gasteiger charge is -2.31. The molecule has 1 saturated heterocycles. The lowest BCUT2D eigenvalue weighted by atomic mass is 9.90. The van der Waals surface area contributed by atoms with Gasteiger partial charge < -0.3 is 14.2 Å². The fourth-order valence-corrected chi connectivity index (χ4v) is 3.52. The molecule has 2 heterocycles. The summed E-state index contributed by atoms with van der Waals surface area (Å²) in [7, 11) is 0. The Morgan fingerprint density at radius 3 is 2.78 bits per heavy atom. The second-order valence-electron chi connectivity index (χ2n) is 6.26. The van der Waals surface area contributed by atoms with Crippen molar-refractivity contribution in [1.29, 1.82) is 0 Å². The Bertz CT molecular complexity index is 675. The van der Waals surface area contributed by atoms with Crippen LogP contribution in [0, 0.1) is 6.92 Å². The van der Waals surface area contributed by atoms with Gasteiger partial charge in [-0.2, -0.15) is 5.10 Å². The van der Waals surface area contributed by atoms with Crippen LogP contribution < -0.4 is 0 Å². The van der Waals surface area contributed by atoms with Crippen molar-refractivity contribution in [1.82, 2.24) is 9.78 Å². The van der Waals surface area contributed by atoms with Gasteiger partial charge in [-0.3, -0.25) is 0 Å². The summed E-state index contributed by atoms with van der Waals surface area (Å²) in [5.74, 6) is -0.406. The number of hydrogen-bond acceptors (Lipinski definition) is 4. The second-order valence-corrected chi connectivity index (χ2v) is 6.26. The minimum Gasteiger partial charge on any atom is -0.355 e. The van der Waals surface area contributed by atoms with Crippen LogP contribution in [0.2, 0.25) is 0 Å². The molecule has 5 nitrogen and oxygen atoms in total. The molecule has 1 aromatic heterocycles. The molecule has 0 radical (unpaired) electrons. The van der Waals surface area contributed by atoms with Crippen LogP contribution in [0.1, 0.15) is 28.9 Å². The molecule has 1 fully saturated rings. The average molecular weight is 314 g/mol. The van der Waals surface area contributed by atoms with E-state index in [4.69, 9.17) is 14.2 Å². The van der Waals surface area contributed by atoms with Crippen LogP contribution in [0.15, 0.2) is 30.3 Å². The molecule has 0 bridgehead atoms. The molecule has 1 aliphatic heterocycles. The first kappa shape index (κ1) is 14.9. The van der Waals surface area contributed by atoms with E-state index in [1.807, 2.05) is 22.9 Å². The number of ether oxygens (including phenoxy) is 3. The predicted octanol–water partition coefficient (Wildman–Crippen LogP) is 2.60. The average Bonchev–Trinajstić information content (AvgIpc) is 3.14. The Kier molecular flexibility index (Phi) is 3.93. The summed E-state index contributed by atoms with van der Waals surface area (Å²) in [6, 6.07) is 10.2. The quantitative estimate of drug-likeness (QED) is 0.870. The van der Waals surface area contributed by atoms with E-state index in [-0.39, 0.29) is 0 Å². The number of aromatic nitrogens is 2. The number of aryl methyl sites for hydroxylation is 1. The summed E-state index contributed by atoms with van der Waals surface area (Å²) in [5, 5.41) is 4.66. The van der Waals surface area contributed by atoms with Gasteiger partial charge in [0, 0.05) is 24.1 Å². The summed E-state index contributed by atoms with van der Waals surface area (Å²) in [4.78, 5) is 0. The van der Waals surface area contributed by atoms with Gasteiger partial charge in [0.15, 0.2) is 5.79 Å². The Labute approximate surface area is 136 Å². The summed E-state index contributed by atoms with van der Waals surface area (Å²) < 4.78 is 19.5. The van der Waals surface area contributed by atoms with E-state index in [1.54, 1.807) is 0 Å². The van der Waals surface area contributed by atoms with E-state index in [1.165, 1.54) is 16.8 Å². The third kappa shape index (κ3) is 2.92. The van der Waals surface area contributed by atoms with Gasteiger partial charge in [0.25, 0.3) is 0 Å². The summed E-state index contributed by atoms with van der Waals surface area (Å²) >= 11 is 0. The lowest BCUT2D eigenvalue weighted by molar-refractivity contribution is -0.164. The number of fused-ring (bicyclic) bond motifs is 1. The highest BCUT2D eigenvalue weighted by molar-refractivity contribution is 5.30. The van der Waals surface area contributed by atoms with Gasteiger partial charge in [-0.25, -0.2) is 4.68 Å². The predicted molar refractivity (Wildman–Crippen MR) is 84.9 cm³/mol. The van der Waals surface area contributed by atoms with E-state index in [0.29, 0.717) is 26.6 Å². The minimum absolute atomic E-state index is 0.406. The number of rotatable bonds is 4. The summed E-state index contributed by atoms with van der Waals surface area (Å²) in [5.41, 5.74) is 4.76. The molecule has 2 aliphatic rings. The van der Waals surface area contributed by atoms with Crippen LogP contribution in [-0.4, -0.2) is 28.8 Å². The standard InChI is InChI=1S/C18H22N2O3/c1-14-16-11-18(22-9-10-23-18)8-7-17(16)20(19-14)13-21-12-15-5-3-2-4-6-15/h2-6H,7-13H2,1H3. The third-order valence-electron chi connectivity index (χ3n) is 4.69. The van der Waals surface area contributed by atoms with Gasteiger partial charge in [0.05, 0.1) is 25.5 Å². The summed E-state index contributed by atoms with van der Waals surface area (Å²) in [6.45, 7) is 4.54. The van der Waals surface area contributed by atoms with Crippen molar-refractivity contribution in [3.8, 4) is 0 Å². The van der Waals surface area contributed by atoms with Crippen LogP contribution in [0.25, 0.3) is 0 Å². The zero-order valence-corrected chi connectivity index (χ0v) is 13.5. The molecule has 1 aliphatic carbocycles. The molecule has 0 amide bonds. The Morgan fingerprint density at radius 2 is 2.00 bits per heavy atom. The van der Waals surface area contributed by atoms with Crippen molar-refractivity contribution in [2.75, 3.05) is 13.2 Å². The SMILES string of the molecule is Cc1nn(COCc2ccccc2)c2c1CC1(CC2)OCCO1. The highest BCUT2D eigenvalue weighted by atomic mass is 16.7. The zero-order valence-electron chi connectivity index (χ0n) is 13.5. The Morgan fingerprint density at radius 1 is 1.22 bits per heavy atom. The summed E-state index contributed by atoms with van der Waals surface area (Å²) in [6.07, 6.45) is 2.61. The van der Waals surface area contributed by atoms with Crippen molar-refractivity contribution in [2.24, 2.45) is 0 Å². The molecular weight excluding hydrogens is 292 g/mol. The number of hydrogen-bond donors (Lipinski definition) is 0. The Hall–Kier alpha value is -1.69. The molecule has 0 N–H and O–H groups in total. The van der Waals surface area contributed by atoms with Gasteiger partial charge in [-0.15, -0.1) is 0 Å². The van der Waals surface area contributed by atoms with Crippen molar-refractivity contribution in [2.45, 2.75) is 45.3 Å². The first-order valence-corrected chi connectivity index (χ1v) is 8.20. The van der Waals surface area contributed by atoms with E-state index >= 15 is 0 Å². The van der Waals surface area contributed by atoms with Crippen LogP contribution in [-0.2, 0) is 40.4 Å². The van der Waals surface area contributed by atoms with Gasteiger partial charge in [-0.05, 0) is 18.9 Å². The van der Waals surface area contributed by atoms with Gasteiger partial charge in [0.1, 0.15) is 6.73 Å². The topological polar surface area (TPSA) is 45.5 Å². The van der Waals surface area contributed by atoms with Crippen molar-refractivity contribution >= 4 is 0 Å². The molecular formula is C18H22N2O3. The van der Waals surface area contributed by atoms with E-state index < -0.39 is 5.79 Å². The third-order valence-corrected chi connectivity index (χ3v) is 4.69. The van der Waals surface area contributed by atoms with Gasteiger partial charge in [0.2, 0.25) is 0 Å². The van der Waals surface area contributed by atoms with Crippen molar-refractivity contribution < 1.29 is 14.2 Å². The van der Waals surface area contributed by atoms with E-state index in [0.717, 1.165) is 25.0 Å². The second kappa shape index (κ2) is 6.07. The number of nitrogens with zero attached hydrogens (tertiary/aromatic N) is 2. The molecule has 0 unspecified atom stereocenters. The van der Waals surface area contributed by atoms with Crippen LogP contribution in [0.3, 0.4) is 0 Å². The molecule has 1 spiro atoms. The Balaban J connectivity index is 1.45. The monoisotopic (exact) mass is 314 g/mol. The highest BCUT2D eigenvalue weighted by Gasteiger charge is 2.41. The minimum atomic E-state index is -0.406. The van der Waals surface area contributed by atoms with Crippen molar-refractivity contribution in [3.63, 3.8) is 0 Å². The van der Waals surface area contributed by atoms with Crippen LogP contribution in [0.5, 0.6) is 0 Å². The lowest BCUT2D eigenvalue weighted by Crippen LogP contribution is -2.37. The maximum absolute atomic E-state index is 5.85. The molecule has 2 aromatic rings. The van der Waals surface area contributed by atoms with Gasteiger partial charge in [-0.1, -0.05) is 30.3 Å². The molecule has 23 heavy (non-hydrogen) atoms. The molecule has 4 rings (SSSR count). The van der Waals surface area contributed by atoms with Crippen LogP contribution in [0.4, 0.5) is 0 Å². The maximum atomic E-state index is 5.85. The largest absolute Gasteiger partial charge is 0.355 e. The van der Waals surface area contributed by atoms with E-state index in [9.17, 15) is 0 Å². The highest BCUT2D eigenvalue weighted by Crippen LogP contribution is 2.36. The first-order valence-electron chi connectivity index (χ1n) is 8.20.